The number of anilines is 1. The van der Waals surface area contributed by atoms with Gasteiger partial charge in [-0.25, -0.2) is 31.5 Å². The number of nitrogens with one attached hydrogen (secondary N) is 1. The molecule has 0 spiro atoms. The van der Waals surface area contributed by atoms with Crippen LogP contribution in [0.3, 0.4) is 0 Å². The van der Waals surface area contributed by atoms with E-state index >= 15 is 0 Å². The molecular weight excluding hydrogens is 490 g/mol. The Bertz CT molecular complexity index is 1240. The van der Waals surface area contributed by atoms with Crippen LogP contribution >= 0.6 is 0 Å². The van der Waals surface area contributed by atoms with E-state index in [1.807, 2.05) is 4.90 Å². The van der Waals surface area contributed by atoms with E-state index in [0.717, 1.165) is 19.1 Å². The first kappa shape index (κ1) is 25.5. The molecule has 0 unspecified atom stereocenters. The summed E-state index contributed by atoms with van der Waals surface area (Å²) in [5, 5.41) is 0. The summed E-state index contributed by atoms with van der Waals surface area (Å²) in [4.78, 5) is 25.1. The minimum absolute atomic E-state index is 0.0478. The van der Waals surface area contributed by atoms with Crippen LogP contribution in [0.5, 0.6) is 0 Å². The highest BCUT2D eigenvalue weighted by atomic mass is 32.2. The van der Waals surface area contributed by atoms with Gasteiger partial charge in [0.25, 0.3) is 0 Å². The van der Waals surface area contributed by atoms with Crippen molar-refractivity contribution in [1.82, 2.24) is 19.6 Å². The van der Waals surface area contributed by atoms with Crippen LogP contribution in [0.4, 0.5) is 5.95 Å². The van der Waals surface area contributed by atoms with Gasteiger partial charge in [0.05, 0.1) is 4.90 Å². The molecule has 35 heavy (non-hydrogen) atoms. The molecule has 2 fully saturated rings. The largest absolute Gasteiger partial charge is 0.339 e. The summed E-state index contributed by atoms with van der Waals surface area (Å²) in [6, 6.07) is 7.39. The van der Waals surface area contributed by atoms with E-state index in [-0.39, 0.29) is 34.1 Å². The van der Waals surface area contributed by atoms with Crippen molar-refractivity contribution in [3.63, 3.8) is 0 Å². The Hall–Kier alpha value is -2.57. The molecule has 2 aliphatic rings. The van der Waals surface area contributed by atoms with Gasteiger partial charge in [-0.15, -0.1) is 0 Å². The normalized spacial score (nSPS) is 21.6. The molecule has 0 bridgehead atoms. The van der Waals surface area contributed by atoms with Crippen LogP contribution in [-0.2, 0) is 24.7 Å². The first-order valence-corrected chi connectivity index (χ1v) is 15.1. The monoisotopic (exact) mass is 521 g/mol. The molecule has 1 aromatic heterocycles. The first-order valence-electron chi connectivity index (χ1n) is 11.7. The minimum Gasteiger partial charge on any atom is -0.339 e. The Kier molecular flexibility index (Phi) is 7.72. The number of piperazine rings is 1. The van der Waals surface area contributed by atoms with Gasteiger partial charge in [-0.1, -0.05) is 12.1 Å². The van der Waals surface area contributed by atoms with Crippen molar-refractivity contribution in [2.45, 2.75) is 35.5 Å². The van der Waals surface area contributed by atoms with Gasteiger partial charge < -0.3 is 9.80 Å². The fourth-order valence-electron chi connectivity index (χ4n) is 4.74. The molecule has 1 saturated heterocycles. The molecule has 1 aliphatic carbocycles. The van der Waals surface area contributed by atoms with E-state index in [1.54, 1.807) is 18.5 Å². The van der Waals surface area contributed by atoms with Crippen LogP contribution in [0.25, 0.3) is 0 Å². The molecule has 2 aromatic rings. The van der Waals surface area contributed by atoms with Gasteiger partial charge in [-0.2, -0.15) is 0 Å². The van der Waals surface area contributed by atoms with Gasteiger partial charge >= 0.3 is 0 Å². The Morgan fingerprint density at radius 1 is 0.914 bits per heavy atom. The minimum atomic E-state index is -3.97. The maximum absolute atomic E-state index is 13.0. The van der Waals surface area contributed by atoms with Crippen LogP contribution in [0, 0.1) is 11.8 Å². The number of sulfone groups is 1. The van der Waals surface area contributed by atoms with Crippen molar-refractivity contribution >= 4 is 31.7 Å². The molecule has 1 saturated carbocycles. The lowest BCUT2D eigenvalue weighted by molar-refractivity contribution is -0.137. The zero-order valence-corrected chi connectivity index (χ0v) is 21.3. The van der Waals surface area contributed by atoms with Gasteiger partial charge in [0.1, 0.15) is 4.90 Å². The number of carbonyl (C=O) groups is 1. The van der Waals surface area contributed by atoms with E-state index < -0.39 is 19.9 Å². The van der Waals surface area contributed by atoms with Crippen LogP contribution < -0.4 is 9.62 Å². The third-order valence-corrected chi connectivity index (χ3v) is 9.49. The van der Waals surface area contributed by atoms with E-state index in [0.29, 0.717) is 45.0 Å². The molecule has 10 nitrogen and oxygen atoms in total. The molecular formula is C23H31N5O5S2. The lowest BCUT2D eigenvalue weighted by Crippen LogP contribution is -2.51. The van der Waals surface area contributed by atoms with Crippen molar-refractivity contribution in [3.05, 3.63) is 42.7 Å². The van der Waals surface area contributed by atoms with Crippen molar-refractivity contribution in [2.24, 2.45) is 11.8 Å². The summed E-state index contributed by atoms with van der Waals surface area (Å²) in [5.41, 5.74) is 0. The zero-order valence-electron chi connectivity index (χ0n) is 19.7. The van der Waals surface area contributed by atoms with Gasteiger partial charge in [0.15, 0.2) is 9.84 Å². The third-order valence-electron chi connectivity index (χ3n) is 6.72. The SMILES string of the molecule is CS(=O)(=O)c1ccccc1S(=O)(=O)NCC1CCC(C(=O)N2CCN(c3ncccn3)CC2)CC1. The molecule has 2 heterocycles. The van der Waals surface area contributed by atoms with Crippen molar-refractivity contribution in [2.75, 3.05) is 43.9 Å². The van der Waals surface area contributed by atoms with E-state index in [2.05, 4.69) is 19.6 Å². The summed E-state index contributed by atoms with van der Waals surface area (Å²) in [6.45, 7) is 2.88. The second kappa shape index (κ2) is 10.6. The summed E-state index contributed by atoms with van der Waals surface area (Å²) in [5.74, 6) is 0.904. The summed E-state index contributed by atoms with van der Waals surface area (Å²) < 4.78 is 52.2. The molecule has 4 rings (SSSR count). The number of benzene rings is 1. The highest BCUT2D eigenvalue weighted by Crippen LogP contribution is 2.31. The number of amides is 1. The van der Waals surface area contributed by atoms with Crippen LogP contribution in [-0.4, -0.2) is 76.6 Å². The van der Waals surface area contributed by atoms with Gasteiger partial charge in [0, 0.05) is 57.3 Å². The van der Waals surface area contributed by atoms with E-state index in [4.69, 9.17) is 0 Å². The summed E-state index contributed by atoms with van der Waals surface area (Å²) in [6.07, 6.45) is 7.33. The Morgan fingerprint density at radius 3 is 2.11 bits per heavy atom. The number of carbonyl (C=O) groups excluding carboxylic acids is 1. The predicted molar refractivity (Wildman–Crippen MR) is 131 cm³/mol. The second-order valence-electron chi connectivity index (χ2n) is 9.15. The number of aromatic nitrogens is 2. The molecule has 0 atom stereocenters. The van der Waals surface area contributed by atoms with Gasteiger partial charge in [0.2, 0.25) is 21.9 Å². The topological polar surface area (TPSA) is 130 Å². The highest BCUT2D eigenvalue weighted by molar-refractivity contribution is 7.93. The Labute approximate surface area is 206 Å². The number of hydrogen-bond donors (Lipinski definition) is 1. The fraction of sp³-hybridized carbons (Fsp3) is 0.522. The maximum Gasteiger partial charge on any atom is 0.241 e. The van der Waals surface area contributed by atoms with Gasteiger partial charge in [-0.3, -0.25) is 4.79 Å². The van der Waals surface area contributed by atoms with Crippen LogP contribution in [0.2, 0.25) is 0 Å². The van der Waals surface area contributed by atoms with Crippen molar-refractivity contribution < 1.29 is 21.6 Å². The quantitative estimate of drug-likeness (QED) is 0.577. The van der Waals surface area contributed by atoms with Crippen molar-refractivity contribution in [3.8, 4) is 0 Å². The zero-order chi connectivity index (χ0) is 25.1. The lowest BCUT2D eigenvalue weighted by Gasteiger charge is -2.37. The molecule has 12 heteroatoms. The average Bonchev–Trinajstić information content (AvgIpc) is 2.87. The lowest BCUT2D eigenvalue weighted by atomic mass is 9.81. The fourth-order valence-corrected chi connectivity index (χ4v) is 7.48. The van der Waals surface area contributed by atoms with E-state index in [1.165, 1.54) is 24.3 Å². The van der Waals surface area contributed by atoms with Crippen LogP contribution in [0.15, 0.2) is 52.5 Å². The molecule has 190 valence electrons. The molecule has 0 radical (unpaired) electrons. The highest BCUT2D eigenvalue weighted by Gasteiger charge is 2.32. The van der Waals surface area contributed by atoms with Crippen LogP contribution in [0.1, 0.15) is 25.7 Å². The van der Waals surface area contributed by atoms with Crippen molar-refractivity contribution in [1.29, 1.82) is 0 Å². The predicted octanol–water partition coefficient (Wildman–Crippen LogP) is 1.31. The number of rotatable bonds is 7. The second-order valence-corrected chi connectivity index (χ2v) is 12.9. The molecule has 1 amide bonds. The Balaban J connectivity index is 1.26. The summed E-state index contributed by atoms with van der Waals surface area (Å²) >= 11 is 0. The first-order chi connectivity index (χ1) is 16.6. The average molecular weight is 522 g/mol. The summed E-state index contributed by atoms with van der Waals surface area (Å²) in [7, 11) is -7.65. The van der Waals surface area contributed by atoms with E-state index in [9.17, 15) is 21.6 Å². The smallest absolute Gasteiger partial charge is 0.241 e. The number of sulfonamides is 1. The molecule has 1 N–H and O–H groups in total. The standard InChI is InChI=1S/C23H31N5O5S2/c1-34(30,31)20-5-2-3-6-21(20)35(32,33)26-17-18-7-9-19(10-8-18)22(29)27-13-15-28(16-14-27)23-24-11-4-12-25-23/h2-6,11-12,18-19,26H,7-10,13-17H2,1H3. The number of nitrogens with zero attached hydrogens (tertiary/aromatic N) is 4. The maximum atomic E-state index is 13.0. The Morgan fingerprint density at radius 2 is 1.51 bits per heavy atom. The molecule has 1 aliphatic heterocycles. The number of hydrogen-bond acceptors (Lipinski definition) is 8. The van der Waals surface area contributed by atoms with Gasteiger partial charge in [-0.05, 0) is 49.8 Å². The third kappa shape index (κ3) is 6.17. The molecule has 1 aromatic carbocycles.